The number of aromatic nitrogens is 1. The van der Waals surface area contributed by atoms with Gasteiger partial charge < -0.3 is 14.8 Å². The predicted octanol–water partition coefficient (Wildman–Crippen LogP) is 5.08. The number of hydrogen-bond acceptors (Lipinski definition) is 4. The Morgan fingerprint density at radius 1 is 1.00 bits per heavy atom. The van der Waals surface area contributed by atoms with Gasteiger partial charge in [-0.05, 0) is 78.3 Å². The summed E-state index contributed by atoms with van der Waals surface area (Å²) in [6.45, 7) is 2.76. The molecule has 2 aromatic carbocycles. The van der Waals surface area contributed by atoms with Crippen LogP contribution in [0.1, 0.15) is 41.3 Å². The van der Waals surface area contributed by atoms with E-state index in [1.165, 1.54) is 5.56 Å². The van der Waals surface area contributed by atoms with Crippen LogP contribution in [0.2, 0.25) is 0 Å². The fourth-order valence-electron chi connectivity index (χ4n) is 3.62. The topological polar surface area (TPSA) is 60.5 Å². The molecule has 0 bridgehead atoms. The Hall–Kier alpha value is -3.34. The maximum atomic E-state index is 12.6. The van der Waals surface area contributed by atoms with Crippen molar-refractivity contribution in [1.82, 2.24) is 10.3 Å². The van der Waals surface area contributed by atoms with Crippen LogP contribution in [0.25, 0.3) is 11.1 Å². The van der Waals surface area contributed by atoms with Crippen LogP contribution in [0.15, 0.2) is 60.9 Å². The Bertz CT molecular complexity index is 1000. The summed E-state index contributed by atoms with van der Waals surface area (Å²) >= 11 is 0. The number of unbranched alkanes of at least 4 members (excludes halogenated alkanes) is 1. The minimum Gasteiger partial charge on any atom is -0.493 e. The van der Waals surface area contributed by atoms with Crippen molar-refractivity contribution >= 4 is 5.91 Å². The zero-order chi connectivity index (χ0) is 22.1. The number of benzene rings is 2. The third-order valence-electron chi connectivity index (χ3n) is 5.34. The molecule has 1 amide bonds. The molecule has 0 aliphatic carbocycles. The lowest BCUT2D eigenvalue weighted by Crippen LogP contribution is -2.24. The summed E-state index contributed by atoms with van der Waals surface area (Å²) in [5.74, 6) is 1.36. The average molecular weight is 419 g/mol. The first-order valence-corrected chi connectivity index (χ1v) is 10.7. The van der Waals surface area contributed by atoms with Crippen molar-refractivity contribution in [1.29, 1.82) is 0 Å². The van der Waals surface area contributed by atoms with E-state index in [0.29, 0.717) is 23.6 Å². The zero-order valence-electron chi connectivity index (χ0n) is 18.5. The molecule has 0 spiro atoms. The van der Waals surface area contributed by atoms with Gasteiger partial charge >= 0.3 is 0 Å². The summed E-state index contributed by atoms with van der Waals surface area (Å²) in [6, 6.07) is 15.8. The van der Waals surface area contributed by atoms with Crippen molar-refractivity contribution in [3.05, 3.63) is 77.6 Å². The quantitative estimate of drug-likeness (QED) is 0.467. The summed E-state index contributed by atoms with van der Waals surface area (Å²) in [5.41, 5.74) is 5.17. The Balaban J connectivity index is 1.62. The second-order valence-electron chi connectivity index (χ2n) is 7.37. The Kier molecular flexibility index (Phi) is 8.05. The van der Waals surface area contributed by atoms with E-state index in [9.17, 15) is 4.79 Å². The minimum atomic E-state index is -0.0325. The monoisotopic (exact) mass is 418 g/mol. The molecule has 0 aliphatic rings. The highest BCUT2D eigenvalue weighted by atomic mass is 16.5. The first kappa shape index (κ1) is 22.3. The van der Waals surface area contributed by atoms with E-state index >= 15 is 0 Å². The highest BCUT2D eigenvalue weighted by Gasteiger charge is 2.12. The summed E-state index contributed by atoms with van der Waals surface area (Å²) < 4.78 is 10.8. The van der Waals surface area contributed by atoms with Crippen LogP contribution in [0.4, 0.5) is 0 Å². The van der Waals surface area contributed by atoms with E-state index in [-0.39, 0.29) is 5.91 Å². The second-order valence-corrected chi connectivity index (χ2v) is 7.37. The van der Waals surface area contributed by atoms with Crippen molar-refractivity contribution in [2.45, 2.75) is 32.6 Å². The fourth-order valence-corrected chi connectivity index (χ4v) is 3.62. The Morgan fingerprint density at radius 2 is 1.84 bits per heavy atom. The number of carbonyl (C=O) groups is 1. The number of rotatable bonds is 10. The largest absolute Gasteiger partial charge is 0.493 e. The lowest BCUT2D eigenvalue weighted by atomic mass is 9.95. The number of carbonyl (C=O) groups excluding carboxylic acids is 1. The van der Waals surface area contributed by atoms with Crippen LogP contribution in [0.5, 0.6) is 11.5 Å². The number of aryl methyl sites for hydroxylation is 2. The number of methoxy groups -OCH3 is 2. The van der Waals surface area contributed by atoms with Crippen molar-refractivity contribution in [2.75, 3.05) is 20.8 Å². The number of amides is 1. The molecule has 5 nitrogen and oxygen atoms in total. The van der Waals surface area contributed by atoms with E-state index in [4.69, 9.17) is 9.47 Å². The fraction of sp³-hybridized carbons (Fsp3) is 0.308. The molecule has 0 unspecified atom stereocenters. The zero-order valence-corrected chi connectivity index (χ0v) is 18.5. The van der Waals surface area contributed by atoms with Gasteiger partial charge in [0.05, 0.1) is 14.2 Å². The van der Waals surface area contributed by atoms with Gasteiger partial charge in [0.15, 0.2) is 11.5 Å². The molecule has 1 aromatic heterocycles. The summed E-state index contributed by atoms with van der Waals surface area (Å²) in [7, 11) is 3.26. The first-order chi connectivity index (χ1) is 15.2. The molecule has 0 aliphatic heterocycles. The number of pyridine rings is 1. The molecule has 31 heavy (non-hydrogen) atoms. The molecule has 0 fully saturated rings. The van der Waals surface area contributed by atoms with E-state index < -0.39 is 0 Å². The van der Waals surface area contributed by atoms with Crippen LogP contribution in [0.3, 0.4) is 0 Å². The third-order valence-corrected chi connectivity index (χ3v) is 5.34. The van der Waals surface area contributed by atoms with Gasteiger partial charge in [-0.1, -0.05) is 25.1 Å². The minimum absolute atomic E-state index is 0.0325. The number of nitrogens with one attached hydrogen (secondary N) is 1. The molecule has 0 radical (unpaired) electrons. The maximum Gasteiger partial charge on any atom is 0.251 e. The molecule has 1 heterocycles. The van der Waals surface area contributed by atoms with Gasteiger partial charge in [-0.15, -0.1) is 0 Å². The Morgan fingerprint density at radius 3 is 2.55 bits per heavy atom. The smallest absolute Gasteiger partial charge is 0.251 e. The predicted molar refractivity (Wildman–Crippen MR) is 124 cm³/mol. The number of nitrogens with zero attached hydrogens (tertiary/aromatic N) is 1. The molecule has 0 saturated heterocycles. The molecule has 3 aromatic rings. The van der Waals surface area contributed by atoms with Crippen molar-refractivity contribution in [3.8, 4) is 22.6 Å². The van der Waals surface area contributed by atoms with Crippen LogP contribution in [-0.2, 0) is 12.8 Å². The lowest BCUT2D eigenvalue weighted by Gasteiger charge is -2.14. The van der Waals surface area contributed by atoms with E-state index in [2.05, 4.69) is 23.3 Å². The molecule has 162 valence electrons. The average Bonchev–Trinajstić information content (AvgIpc) is 2.83. The number of ether oxygens (including phenoxy) is 2. The highest BCUT2D eigenvalue weighted by Crippen LogP contribution is 2.34. The highest BCUT2D eigenvalue weighted by molar-refractivity contribution is 5.95. The summed E-state index contributed by atoms with van der Waals surface area (Å²) in [6.07, 6.45) is 7.44. The maximum absolute atomic E-state index is 12.6. The lowest BCUT2D eigenvalue weighted by molar-refractivity contribution is 0.0953. The molecule has 0 saturated carbocycles. The molecule has 3 rings (SSSR count). The van der Waals surface area contributed by atoms with Crippen molar-refractivity contribution in [3.63, 3.8) is 0 Å². The van der Waals surface area contributed by atoms with Gasteiger partial charge in [0.25, 0.3) is 5.91 Å². The van der Waals surface area contributed by atoms with Crippen LogP contribution in [-0.4, -0.2) is 31.7 Å². The molecule has 5 heteroatoms. The van der Waals surface area contributed by atoms with Crippen LogP contribution >= 0.6 is 0 Å². The molecule has 1 N–H and O–H groups in total. The van der Waals surface area contributed by atoms with Crippen LogP contribution < -0.4 is 14.8 Å². The molecular weight excluding hydrogens is 388 g/mol. The SMILES string of the molecule is CCc1cc(C(=O)NCCCCc2cccnc2)ccc1-c1ccc(OC)c(OC)c1. The number of hydrogen-bond donors (Lipinski definition) is 1. The van der Waals surface area contributed by atoms with Crippen molar-refractivity contribution < 1.29 is 14.3 Å². The second kappa shape index (κ2) is 11.2. The summed E-state index contributed by atoms with van der Waals surface area (Å²) in [4.78, 5) is 16.8. The molecular formula is C26H30N2O3. The first-order valence-electron chi connectivity index (χ1n) is 10.7. The van der Waals surface area contributed by atoms with E-state index in [1.54, 1.807) is 20.4 Å². The van der Waals surface area contributed by atoms with E-state index in [0.717, 1.165) is 42.4 Å². The van der Waals surface area contributed by atoms with Gasteiger partial charge in [0.1, 0.15) is 0 Å². The summed E-state index contributed by atoms with van der Waals surface area (Å²) in [5, 5.41) is 3.04. The van der Waals surface area contributed by atoms with Gasteiger partial charge in [0.2, 0.25) is 0 Å². The van der Waals surface area contributed by atoms with Gasteiger partial charge in [-0.25, -0.2) is 0 Å². The molecule has 0 atom stereocenters. The normalized spacial score (nSPS) is 10.5. The van der Waals surface area contributed by atoms with Gasteiger partial charge in [0, 0.05) is 24.5 Å². The van der Waals surface area contributed by atoms with Crippen molar-refractivity contribution in [2.24, 2.45) is 0 Å². The third kappa shape index (κ3) is 5.85. The van der Waals surface area contributed by atoms with Gasteiger partial charge in [-0.2, -0.15) is 0 Å². The van der Waals surface area contributed by atoms with Crippen LogP contribution in [0, 0.1) is 0 Å². The van der Waals surface area contributed by atoms with E-state index in [1.807, 2.05) is 48.7 Å². The standard InChI is InChI=1S/C26H30N2O3/c1-4-20-16-22(26(29)28-15-6-5-8-19-9-7-14-27-18-19)10-12-23(20)21-11-13-24(30-2)25(17-21)31-3/h7,9-14,16-18H,4-6,8,15H2,1-3H3,(H,28,29). The Labute approximate surface area is 184 Å². The van der Waals surface area contributed by atoms with Gasteiger partial charge in [-0.3, -0.25) is 9.78 Å².